The maximum Gasteiger partial charge on any atom is 0.264 e. The second-order valence-corrected chi connectivity index (χ2v) is 10.7. The third-order valence-corrected chi connectivity index (χ3v) is 7.27. The van der Waals surface area contributed by atoms with E-state index in [4.69, 9.17) is 5.14 Å². The molecule has 10 heteroatoms. The summed E-state index contributed by atoms with van der Waals surface area (Å²) in [5.41, 5.74) is 2.18. The third-order valence-electron chi connectivity index (χ3n) is 4.74. The first kappa shape index (κ1) is 23.5. The molecule has 32 heavy (non-hydrogen) atoms. The first-order valence-electron chi connectivity index (χ1n) is 9.57. The number of carbonyl (C=O) groups is 1. The van der Waals surface area contributed by atoms with Gasteiger partial charge in [-0.2, -0.15) is 0 Å². The number of carbonyl (C=O) groups excluding carboxylic acids is 1. The lowest BCUT2D eigenvalue weighted by Crippen LogP contribution is -2.27. The van der Waals surface area contributed by atoms with Crippen LogP contribution in [0.3, 0.4) is 0 Å². The molecule has 0 fully saturated rings. The summed E-state index contributed by atoms with van der Waals surface area (Å²) in [5.74, 6) is -0.618. The number of para-hydroxylation sites is 1. The van der Waals surface area contributed by atoms with Crippen molar-refractivity contribution in [3.8, 4) is 0 Å². The fraction of sp³-hybridized carbons (Fsp3) is 0.136. The quantitative estimate of drug-likeness (QED) is 0.519. The van der Waals surface area contributed by atoms with Crippen molar-refractivity contribution in [2.45, 2.75) is 17.2 Å². The van der Waals surface area contributed by atoms with Crippen molar-refractivity contribution in [3.05, 3.63) is 95.6 Å². The van der Waals surface area contributed by atoms with Gasteiger partial charge in [-0.25, -0.2) is 22.0 Å². The summed E-state index contributed by atoms with van der Waals surface area (Å²) >= 11 is 0. The lowest BCUT2D eigenvalue weighted by Gasteiger charge is -2.19. The molecule has 0 aliphatic heterocycles. The van der Waals surface area contributed by atoms with E-state index >= 15 is 0 Å². The molecule has 3 aromatic rings. The molecule has 0 unspecified atom stereocenters. The van der Waals surface area contributed by atoms with Crippen LogP contribution < -0.4 is 14.8 Å². The van der Waals surface area contributed by atoms with Crippen LogP contribution in [0.1, 0.15) is 21.5 Å². The minimum Gasteiger partial charge on any atom is -0.348 e. The maximum absolute atomic E-state index is 12.8. The Bertz CT molecular complexity index is 1290. The van der Waals surface area contributed by atoms with E-state index in [1.165, 1.54) is 35.6 Å². The van der Waals surface area contributed by atoms with Gasteiger partial charge in [0.1, 0.15) is 0 Å². The minimum atomic E-state index is -3.76. The number of amides is 1. The first-order valence-corrected chi connectivity index (χ1v) is 12.7. The summed E-state index contributed by atoms with van der Waals surface area (Å²) in [6.45, 7) is 0.227. The highest BCUT2D eigenvalue weighted by Gasteiger charge is 2.21. The topological polar surface area (TPSA) is 127 Å². The largest absolute Gasteiger partial charge is 0.348 e. The number of sulfonamides is 2. The van der Waals surface area contributed by atoms with E-state index in [1.807, 2.05) is 0 Å². The van der Waals surface area contributed by atoms with Crippen LogP contribution in [0.5, 0.6) is 0 Å². The van der Waals surface area contributed by atoms with Crippen molar-refractivity contribution in [1.29, 1.82) is 0 Å². The fourth-order valence-corrected chi connectivity index (χ4v) is 4.84. The van der Waals surface area contributed by atoms with Crippen molar-refractivity contribution < 1.29 is 21.6 Å². The van der Waals surface area contributed by atoms with E-state index < -0.39 is 20.0 Å². The summed E-state index contributed by atoms with van der Waals surface area (Å²) in [6.07, 6.45) is 0. The highest BCUT2D eigenvalue weighted by Crippen LogP contribution is 2.22. The van der Waals surface area contributed by atoms with Gasteiger partial charge in [0.05, 0.1) is 16.3 Å². The molecule has 3 N–H and O–H groups in total. The molecular weight excluding hydrogens is 450 g/mol. The fourth-order valence-electron chi connectivity index (χ4n) is 2.98. The van der Waals surface area contributed by atoms with E-state index in [9.17, 15) is 21.6 Å². The second-order valence-electron chi connectivity index (χ2n) is 7.14. The normalized spacial score (nSPS) is 11.7. The zero-order chi connectivity index (χ0) is 23.4. The van der Waals surface area contributed by atoms with Crippen LogP contribution in [0.4, 0.5) is 5.69 Å². The van der Waals surface area contributed by atoms with E-state index in [1.54, 1.807) is 54.6 Å². The summed E-state index contributed by atoms with van der Waals surface area (Å²) in [5, 5.41) is 7.77. The zero-order valence-electron chi connectivity index (χ0n) is 17.3. The van der Waals surface area contributed by atoms with Gasteiger partial charge in [-0.1, -0.05) is 42.5 Å². The number of benzene rings is 3. The maximum atomic E-state index is 12.8. The molecule has 1 amide bonds. The van der Waals surface area contributed by atoms with Crippen molar-refractivity contribution in [1.82, 2.24) is 5.32 Å². The molecule has 3 rings (SSSR count). The van der Waals surface area contributed by atoms with Gasteiger partial charge in [0, 0.05) is 19.2 Å². The Morgan fingerprint density at radius 2 is 1.41 bits per heavy atom. The van der Waals surface area contributed by atoms with Gasteiger partial charge in [-0.3, -0.25) is 9.10 Å². The van der Waals surface area contributed by atoms with Gasteiger partial charge in [-0.15, -0.1) is 0 Å². The SMILES string of the molecule is CN(c1ccccc1)S(=O)(=O)c1ccc(C(=O)NCc2ccc(CS(N)(=O)=O)cc2)cc1. The molecule has 0 aromatic heterocycles. The predicted octanol–water partition coefficient (Wildman–Crippen LogP) is 2.23. The molecule has 0 saturated heterocycles. The van der Waals surface area contributed by atoms with E-state index in [0.717, 1.165) is 5.56 Å². The first-order chi connectivity index (χ1) is 15.1. The average molecular weight is 474 g/mol. The van der Waals surface area contributed by atoms with Crippen molar-refractivity contribution >= 4 is 31.6 Å². The van der Waals surface area contributed by atoms with Crippen LogP contribution in [0.25, 0.3) is 0 Å². The second kappa shape index (κ2) is 9.51. The Morgan fingerprint density at radius 3 is 1.97 bits per heavy atom. The van der Waals surface area contributed by atoms with Gasteiger partial charge in [0.15, 0.2) is 0 Å². The zero-order valence-corrected chi connectivity index (χ0v) is 18.9. The molecule has 0 bridgehead atoms. The molecule has 0 spiro atoms. The van der Waals surface area contributed by atoms with Gasteiger partial charge < -0.3 is 5.32 Å². The molecule has 0 aliphatic carbocycles. The van der Waals surface area contributed by atoms with Crippen molar-refractivity contribution in [2.24, 2.45) is 5.14 Å². The average Bonchev–Trinajstić information content (AvgIpc) is 2.77. The lowest BCUT2D eigenvalue weighted by atomic mass is 10.1. The summed E-state index contributed by atoms with van der Waals surface area (Å²) in [7, 11) is -5.89. The highest BCUT2D eigenvalue weighted by molar-refractivity contribution is 7.92. The van der Waals surface area contributed by atoms with Crippen LogP contribution in [0, 0.1) is 0 Å². The number of nitrogens with zero attached hydrogens (tertiary/aromatic N) is 1. The van der Waals surface area contributed by atoms with Crippen LogP contribution in [0.2, 0.25) is 0 Å². The Labute approximate surface area is 187 Å². The standard InChI is InChI=1S/C22H23N3O5S2/c1-25(20-5-3-2-4-6-20)32(29,30)21-13-11-19(12-14-21)22(26)24-15-17-7-9-18(10-8-17)16-31(23,27)28/h2-14H,15-16H2,1H3,(H,24,26)(H2,23,27,28). The smallest absolute Gasteiger partial charge is 0.264 e. The van der Waals surface area contributed by atoms with Crippen LogP contribution >= 0.6 is 0 Å². The molecular formula is C22H23N3O5S2. The molecule has 168 valence electrons. The number of hydrogen-bond donors (Lipinski definition) is 2. The molecule has 0 heterocycles. The predicted molar refractivity (Wildman–Crippen MR) is 123 cm³/mol. The Hall–Kier alpha value is -3.21. The Morgan fingerprint density at radius 1 is 0.844 bits per heavy atom. The van der Waals surface area contributed by atoms with Gasteiger partial charge in [0.2, 0.25) is 10.0 Å². The lowest BCUT2D eigenvalue weighted by molar-refractivity contribution is 0.0951. The molecule has 0 atom stereocenters. The number of nitrogens with two attached hydrogens (primary N) is 1. The molecule has 8 nitrogen and oxygen atoms in total. The van der Waals surface area contributed by atoms with E-state index in [-0.39, 0.29) is 23.1 Å². The summed E-state index contributed by atoms with van der Waals surface area (Å²) in [4.78, 5) is 12.5. The van der Waals surface area contributed by atoms with Crippen molar-refractivity contribution in [2.75, 3.05) is 11.4 Å². The van der Waals surface area contributed by atoms with E-state index in [0.29, 0.717) is 16.8 Å². The molecule has 0 radical (unpaired) electrons. The van der Waals surface area contributed by atoms with Gasteiger partial charge in [0.25, 0.3) is 15.9 Å². The van der Waals surface area contributed by atoms with Crippen LogP contribution in [-0.4, -0.2) is 29.8 Å². The highest BCUT2D eigenvalue weighted by atomic mass is 32.2. The number of anilines is 1. The molecule has 0 saturated carbocycles. The van der Waals surface area contributed by atoms with Crippen molar-refractivity contribution in [3.63, 3.8) is 0 Å². The van der Waals surface area contributed by atoms with E-state index in [2.05, 4.69) is 5.32 Å². The van der Waals surface area contributed by atoms with Crippen LogP contribution in [-0.2, 0) is 32.3 Å². The van der Waals surface area contributed by atoms with Crippen LogP contribution in [0.15, 0.2) is 83.8 Å². The third kappa shape index (κ3) is 5.94. The number of rotatable bonds is 8. The number of primary sulfonamides is 1. The molecule has 3 aromatic carbocycles. The number of nitrogens with one attached hydrogen (secondary N) is 1. The van der Waals surface area contributed by atoms with Gasteiger partial charge >= 0.3 is 0 Å². The van der Waals surface area contributed by atoms with Gasteiger partial charge in [-0.05, 0) is 47.5 Å². The Kier molecular flexibility index (Phi) is 6.97. The summed E-state index contributed by atoms with van der Waals surface area (Å²) < 4.78 is 49.1. The summed E-state index contributed by atoms with van der Waals surface area (Å²) in [6, 6.07) is 21.1. The minimum absolute atomic E-state index is 0.0749. The number of hydrogen-bond acceptors (Lipinski definition) is 5. The molecule has 0 aliphatic rings. The monoisotopic (exact) mass is 473 g/mol. The Balaban J connectivity index is 1.64.